The summed E-state index contributed by atoms with van der Waals surface area (Å²) in [4.78, 5) is 4.38. The molecule has 1 aromatic heterocycles. The summed E-state index contributed by atoms with van der Waals surface area (Å²) >= 11 is 0. The fourth-order valence-electron chi connectivity index (χ4n) is 1.98. The Bertz CT molecular complexity index is 544. The molecule has 0 aliphatic heterocycles. The molecular formula is C13H15F2N3. The summed E-state index contributed by atoms with van der Waals surface area (Å²) in [5.41, 5.74) is 7.41. The fraction of sp³-hybridized carbons (Fsp3) is 0.308. The van der Waals surface area contributed by atoms with Crippen LogP contribution in [0, 0.1) is 6.92 Å². The molecular weight excluding hydrogens is 236 g/mol. The van der Waals surface area contributed by atoms with Gasteiger partial charge in [-0.15, -0.1) is 0 Å². The molecule has 1 aromatic carbocycles. The summed E-state index contributed by atoms with van der Waals surface area (Å²) in [6.07, 6.45) is -2.45. The summed E-state index contributed by atoms with van der Waals surface area (Å²) < 4.78 is 26.8. The number of hydrogen-bond acceptors (Lipinski definition) is 2. The maximum Gasteiger partial charge on any atom is 0.263 e. The van der Waals surface area contributed by atoms with Gasteiger partial charge in [0.05, 0.1) is 0 Å². The molecule has 0 spiro atoms. The summed E-state index contributed by atoms with van der Waals surface area (Å²) in [6.45, 7) is 4.59. The number of nitrogens with zero attached hydrogens (tertiary/aromatic N) is 2. The van der Waals surface area contributed by atoms with E-state index in [4.69, 9.17) is 5.73 Å². The first-order valence-corrected chi connectivity index (χ1v) is 5.75. The summed E-state index contributed by atoms with van der Waals surface area (Å²) in [5, 5.41) is 0. The number of hydrogen-bond donors (Lipinski definition) is 1. The van der Waals surface area contributed by atoms with Gasteiger partial charge in [0.15, 0.2) is 0 Å². The number of benzene rings is 1. The molecule has 0 atom stereocenters. The van der Waals surface area contributed by atoms with Gasteiger partial charge < -0.3 is 10.3 Å². The molecule has 0 aliphatic carbocycles. The highest BCUT2D eigenvalue weighted by Crippen LogP contribution is 2.28. The van der Waals surface area contributed by atoms with Crippen LogP contribution in [0.5, 0.6) is 0 Å². The molecule has 0 unspecified atom stereocenters. The summed E-state index contributed by atoms with van der Waals surface area (Å²) in [5.74, 6) is 1.39. The number of aromatic nitrogens is 2. The van der Waals surface area contributed by atoms with E-state index in [0.29, 0.717) is 11.5 Å². The molecule has 2 aromatic rings. The van der Waals surface area contributed by atoms with E-state index in [-0.39, 0.29) is 5.56 Å². The summed E-state index contributed by atoms with van der Waals surface area (Å²) in [7, 11) is 0. The third-order valence-electron chi connectivity index (χ3n) is 2.95. The Balaban J connectivity index is 2.43. The largest absolute Gasteiger partial charge is 0.383 e. The topological polar surface area (TPSA) is 43.8 Å². The number of imidazole rings is 1. The second-order valence-corrected chi connectivity index (χ2v) is 4.06. The molecule has 18 heavy (non-hydrogen) atoms. The van der Waals surface area contributed by atoms with Gasteiger partial charge in [-0.05, 0) is 13.8 Å². The molecule has 0 fully saturated rings. The zero-order valence-electron chi connectivity index (χ0n) is 10.3. The van der Waals surface area contributed by atoms with Crippen LogP contribution in [0.4, 0.5) is 14.6 Å². The maximum absolute atomic E-state index is 12.5. The third kappa shape index (κ3) is 2.08. The normalized spacial score (nSPS) is 11.2. The number of halogens is 2. The quantitative estimate of drug-likeness (QED) is 0.908. The lowest BCUT2D eigenvalue weighted by Crippen LogP contribution is -2.02. The van der Waals surface area contributed by atoms with E-state index in [1.807, 2.05) is 18.4 Å². The van der Waals surface area contributed by atoms with E-state index in [2.05, 4.69) is 4.98 Å². The van der Waals surface area contributed by atoms with Crippen LogP contribution in [0.25, 0.3) is 11.3 Å². The Morgan fingerprint density at radius 2 is 1.89 bits per heavy atom. The highest BCUT2D eigenvalue weighted by Gasteiger charge is 2.13. The van der Waals surface area contributed by atoms with Crippen molar-refractivity contribution in [1.29, 1.82) is 0 Å². The lowest BCUT2D eigenvalue weighted by Gasteiger charge is -2.04. The maximum atomic E-state index is 12.5. The van der Waals surface area contributed by atoms with Crippen LogP contribution in [-0.2, 0) is 6.54 Å². The zero-order chi connectivity index (χ0) is 13.3. The predicted octanol–water partition coefficient (Wildman–Crippen LogP) is 3.40. The Morgan fingerprint density at radius 1 is 1.28 bits per heavy atom. The molecule has 2 N–H and O–H groups in total. The van der Waals surface area contributed by atoms with Crippen molar-refractivity contribution in [3.63, 3.8) is 0 Å². The van der Waals surface area contributed by atoms with E-state index in [0.717, 1.165) is 17.9 Å². The minimum atomic E-state index is -2.45. The van der Waals surface area contributed by atoms with Crippen molar-refractivity contribution in [3.05, 3.63) is 35.7 Å². The van der Waals surface area contributed by atoms with Crippen molar-refractivity contribution in [2.45, 2.75) is 26.8 Å². The van der Waals surface area contributed by atoms with Crippen LogP contribution in [0.3, 0.4) is 0 Å². The Hall–Kier alpha value is -1.91. The number of anilines is 1. The van der Waals surface area contributed by atoms with Crippen LogP contribution in [0.15, 0.2) is 24.3 Å². The van der Waals surface area contributed by atoms with E-state index in [1.165, 1.54) is 12.1 Å². The highest BCUT2D eigenvalue weighted by molar-refractivity contribution is 5.71. The molecule has 1 heterocycles. The van der Waals surface area contributed by atoms with Crippen molar-refractivity contribution in [3.8, 4) is 11.3 Å². The second-order valence-electron chi connectivity index (χ2n) is 4.06. The number of rotatable bonds is 3. The van der Waals surface area contributed by atoms with Crippen molar-refractivity contribution in [2.24, 2.45) is 0 Å². The lowest BCUT2D eigenvalue weighted by molar-refractivity contribution is 0.151. The number of nitrogen functional groups attached to an aromatic ring is 1. The van der Waals surface area contributed by atoms with Gasteiger partial charge in [0.1, 0.15) is 17.3 Å². The molecule has 2 rings (SSSR count). The summed E-state index contributed by atoms with van der Waals surface area (Å²) in [6, 6.07) is 6.05. The molecule has 3 nitrogen and oxygen atoms in total. The van der Waals surface area contributed by atoms with Crippen molar-refractivity contribution >= 4 is 5.82 Å². The Kier molecular flexibility index (Phi) is 3.32. The molecule has 0 bridgehead atoms. The van der Waals surface area contributed by atoms with E-state index >= 15 is 0 Å². The smallest absolute Gasteiger partial charge is 0.263 e. The third-order valence-corrected chi connectivity index (χ3v) is 2.95. The van der Waals surface area contributed by atoms with Crippen molar-refractivity contribution in [2.75, 3.05) is 5.73 Å². The van der Waals surface area contributed by atoms with Crippen molar-refractivity contribution < 1.29 is 8.78 Å². The first kappa shape index (κ1) is 12.5. The van der Waals surface area contributed by atoms with E-state index in [9.17, 15) is 8.78 Å². The van der Waals surface area contributed by atoms with Gasteiger partial charge in [-0.25, -0.2) is 13.8 Å². The number of alkyl halides is 2. The lowest BCUT2D eigenvalue weighted by atomic mass is 10.1. The molecule has 0 amide bonds. The first-order valence-electron chi connectivity index (χ1n) is 5.75. The SMILES string of the molecule is CCn1c(C)nc(-c2ccc(C(F)F)cc2)c1N. The molecule has 96 valence electrons. The Labute approximate surface area is 104 Å². The monoisotopic (exact) mass is 251 g/mol. The molecule has 5 heteroatoms. The average molecular weight is 251 g/mol. The molecule has 0 aliphatic rings. The van der Waals surface area contributed by atoms with E-state index < -0.39 is 6.43 Å². The predicted molar refractivity (Wildman–Crippen MR) is 67.4 cm³/mol. The standard InChI is InChI=1S/C13H15F2N3/c1-3-18-8(2)17-11(13(18)16)9-4-6-10(7-5-9)12(14)15/h4-7,12H,3,16H2,1-2H3. The average Bonchev–Trinajstić information content (AvgIpc) is 2.64. The fourth-order valence-corrected chi connectivity index (χ4v) is 1.98. The Morgan fingerprint density at radius 3 is 2.33 bits per heavy atom. The first-order chi connectivity index (χ1) is 8.54. The van der Waals surface area contributed by atoms with Gasteiger partial charge in [-0.3, -0.25) is 0 Å². The van der Waals surface area contributed by atoms with Crippen LogP contribution in [-0.4, -0.2) is 9.55 Å². The molecule has 0 radical (unpaired) electrons. The molecule has 0 saturated heterocycles. The van der Waals surface area contributed by atoms with E-state index in [1.54, 1.807) is 12.1 Å². The zero-order valence-corrected chi connectivity index (χ0v) is 10.3. The second kappa shape index (κ2) is 4.76. The van der Waals surface area contributed by atoms with Crippen LogP contribution < -0.4 is 5.73 Å². The minimum absolute atomic E-state index is 0.00367. The van der Waals surface area contributed by atoms with Gasteiger partial charge in [0.25, 0.3) is 6.43 Å². The minimum Gasteiger partial charge on any atom is -0.383 e. The van der Waals surface area contributed by atoms with Gasteiger partial charge in [-0.1, -0.05) is 24.3 Å². The highest BCUT2D eigenvalue weighted by atomic mass is 19.3. The van der Waals surface area contributed by atoms with Crippen LogP contribution >= 0.6 is 0 Å². The number of nitrogens with two attached hydrogens (primary N) is 1. The van der Waals surface area contributed by atoms with Crippen LogP contribution in [0.1, 0.15) is 24.7 Å². The van der Waals surface area contributed by atoms with Crippen LogP contribution in [0.2, 0.25) is 0 Å². The van der Waals surface area contributed by atoms with Gasteiger partial charge in [-0.2, -0.15) is 0 Å². The van der Waals surface area contributed by atoms with Gasteiger partial charge >= 0.3 is 0 Å². The number of aryl methyl sites for hydroxylation is 1. The van der Waals surface area contributed by atoms with Gasteiger partial charge in [0, 0.05) is 17.7 Å². The molecule has 0 saturated carbocycles. The van der Waals surface area contributed by atoms with Gasteiger partial charge in [0.2, 0.25) is 0 Å². The van der Waals surface area contributed by atoms with Crippen molar-refractivity contribution in [1.82, 2.24) is 9.55 Å².